The lowest BCUT2D eigenvalue weighted by molar-refractivity contribution is -0.128. The monoisotopic (exact) mass is 369 g/mol. The first-order valence-electron chi connectivity index (χ1n) is 9.13. The molecule has 0 bridgehead atoms. The molecule has 2 N–H and O–H groups in total. The molecule has 2 aromatic heterocycles. The van der Waals surface area contributed by atoms with Gasteiger partial charge in [0.2, 0.25) is 0 Å². The Morgan fingerprint density at radius 2 is 2.19 bits per heavy atom. The molecule has 1 saturated carbocycles. The van der Waals surface area contributed by atoms with Gasteiger partial charge >= 0.3 is 0 Å². The summed E-state index contributed by atoms with van der Waals surface area (Å²) in [5, 5.41) is 7.93. The van der Waals surface area contributed by atoms with Crippen molar-refractivity contribution in [1.29, 1.82) is 0 Å². The van der Waals surface area contributed by atoms with E-state index in [2.05, 4.69) is 40.4 Å². The van der Waals surface area contributed by atoms with Crippen LogP contribution in [0.1, 0.15) is 36.9 Å². The highest BCUT2D eigenvalue weighted by atomic mass is 32.1. The van der Waals surface area contributed by atoms with Crippen molar-refractivity contribution in [1.82, 2.24) is 9.97 Å². The summed E-state index contributed by atoms with van der Waals surface area (Å²) >= 11 is 1.61. The Morgan fingerprint density at radius 1 is 1.35 bits per heavy atom. The molecule has 1 aliphatic carbocycles. The first kappa shape index (κ1) is 17.1. The van der Waals surface area contributed by atoms with Crippen molar-refractivity contribution in [2.75, 3.05) is 11.9 Å². The number of anilines is 1. The molecular weight excluding hydrogens is 346 g/mol. The SMILES string of the molecule is Cc1cc(NC2CCCC2)c2[nH]c(-c3nc(CCOC=O)cs3)cc2c1. The largest absolute Gasteiger partial charge is 0.467 e. The minimum Gasteiger partial charge on any atom is -0.467 e. The van der Waals surface area contributed by atoms with Gasteiger partial charge in [0.05, 0.1) is 29.2 Å². The molecule has 0 saturated heterocycles. The van der Waals surface area contributed by atoms with Crippen LogP contribution in [-0.4, -0.2) is 29.1 Å². The van der Waals surface area contributed by atoms with E-state index in [1.165, 1.54) is 42.3 Å². The third kappa shape index (κ3) is 3.60. The third-order valence-electron chi connectivity index (χ3n) is 4.91. The van der Waals surface area contributed by atoms with Crippen LogP contribution >= 0.6 is 11.3 Å². The summed E-state index contributed by atoms with van der Waals surface area (Å²) in [6.07, 6.45) is 5.78. The molecule has 0 unspecified atom stereocenters. The van der Waals surface area contributed by atoms with Gasteiger partial charge < -0.3 is 15.0 Å². The average Bonchev–Trinajstić information content (AvgIpc) is 3.34. The van der Waals surface area contributed by atoms with Gasteiger partial charge in [0.15, 0.2) is 0 Å². The topological polar surface area (TPSA) is 67.0 Å². The third-order valence-corrected chi connectivity index (χ3v) is 5.84. The summed E-state index contributed by atoms with van der Waals surface area (Å²) < 4.78 is 4.76. The first-order valence-corrected chi connectivity index (χ1v) is 10.0. The highest BCUT2D eigenvalue weighted by molar-refractivity contribution is 7.13. The van der Waals surface area contributed by atoms with E-state index in [1.807, 2.05) is 5.38 Å². The molecule has 0 amide bonds. The van der Waals surface area contributed by atoms with E-state index >= 15 is 0 Å². The van der Waals surface area contributed by atoms with E-state index in [0.29, 0.717) is 25.5 Å². The number of carbonyl (C=O) groups excluding carboxylic acids is 1. The minimum absolute atomic E-state index is 0.369. The molecule has 0 aliphatic heterocycles. The number of H-pyrrole nitrogens is 1. The van der Waals surface area contributed by atoms with Crippen LogP contribution in [0.3, 0.4) is 0 Å². The van der Waals surface area contributed by atoms with Crippen molar-refractivity contribution < 1.29 is 9.53 Å². The number of nitrogens with one attached hydrogen (secondary N) is 2. The van der Waals surface area contributed by atoms with E-state index in [1.54, 1.807) is 11.3 Å². The summed E-state index contributed by atoms with van der Waals surface area (Å²) in [7, 11) is 0. The molecule has 0 radical (unpaired) electrons. The zero-order chi connectivity index (χ0) is 17.9. The van der Waals surface area contributed by atoms with Crippen molar-refractivity contribution in [2.45, 2.75) is 45.1 Å². The Bertz CT molecular complexity index is 909. The molecule has 1 fully saturated rings. The van der Waals surface area contributed by atoms with Crippen molar-refractivity contribution in [2.24, 2.45) is 0 Å². The van der Waals surface area contributed by atoms with Gasteiger partial charge in [-0.1, -0.05) is 12.8 Å². The van der Waals surface area contributed by atoms with Crippen molar-refractivity contribution in [3.63, 3.8) is 0 Å². The van der Waals surface area contributed by atoms with Gasteiger partial charge in [-0.3, -0.25) is 4.79 Å². The molecular formula is C20H23N3O2S. The summed E-state index contributed by atoms with van der Waals surface area (Å²) in [4.78, 5) is 18.5. The number of aromatic amines is 1. The predicted molar refractivity (Wildman–Crippen MR) is 106 cm³/mol. The lowest BCUT2D eigenvalue weighted by Gasteiger charge is -2.15. The number of ether oxygens (including phenoxy) is 1. The standard InChI is InChI=1S/C20H23N3O2S/c1-13-8-14-10-18(20-22-16(11-26-20)6-7-25-12-24)23-19(14)17(9-13)21-15-4-2-3-5-15/h8-12,15,21,23H,2-7H2,1H3. The summed E-state index contributed by atoms with van der Waals surface area (Å²) in [6, 6.07) is 7.19. The zero-order valence-corrected chi connectivity index (χ0v) is 15.7. The average molecular weight is 369 g/mol. The molecule has 5 nitrogen and oxygen atoms in total. The number of nitrogens with zero attached hydrogens (tertiary/aromatic N) is 1. The Labute approximate surface area is 156 Å². The molecule has 26 heavy (non-hydrogen) atoms. The Morgan fingerprint density at radius 3 is 3.00 bits per heavy atom. The second-order valence-corrected chi connectivity index (χ2v) is 7.80. The highest BCUT2D eigenvalue weighted by Gasteiger charge is 2.17. The second-order valence-electron chi connectivity index (χ2n) is 6.95. The van der Waals surface area contributed by atoms with Crippen LogP contribution in [0.15, 0.2) is 23.6 Å². The quantitative estimate of drug-likeness (QED) is 0.469. The lowest BCUT2D eigenvalue weighted by Crippen LogP contribution is -2.14. The lowest BCUT2D eigenvalue weighted by atomic mass is 10.1. The molecule has 1 aliphatic rings. The van der Waals surface area contributed by atoms with Crippen molar-refractivity contribution >= 4 is 34.4 Å². The molecule has 6 heteroatoms. The van der Waals surface area contributed by atoms with E-state index in [4.69, 9.17) is 4.74 Å². The number of hydrogen-bond acceptors (Lipinski definition) is 5. The van der Waals surface area contributed by atoms with Crippen LogP contribution in [0, 0.1) is 6.92 Å². The number of fused-ring (bicyclic) bond motifs is 1. The molecule has 0 spiro atoms. The normalized spacial score (nSPS) is 14.8. The van der Waals surface area contributed by atoms with E-state index < -0.39 is 0 Å². The van der Waals surface area contributed by atoms with Crippen LogP contribution in [0.2, 0.25) is 0 Å². The zero-order valence-electron chi connectivity index (χ0n) is 14.9. The predicted octanol–water partition coefficient (Wildman–Crippen LogP) is 4.67. The fraction of sp³-hybridized carbons (Fsp3) is 0.400. The minimum atomic E-state index is 0.369. The maximum absolute atomic E-state index is 10.3. The fourth-order valence-electron chi connectivity index (χ4n) is 3.67. The maximum Gasteiger partial charge on any atom is 0.293 e. The van der Waals surface area contributed by atoms with Crippen molar-refractivity contribution in [3.8, 4) is 10.7 Å². The van der Waals surface area contributed by atoms with E-state index in [0.717, 1.165) is 21.9 Å². The van der Waals surface area contributed by atoms with Gasteiger partial charge in [0.25, 0.3) is 6.47 Å². The number of benzene rings is 1. The van der Waals surface area contributed by atoms with Gasteiger partial charge in [0.1, 0.15) is 5.01 Å². The smallest absolute Gasteiger partial charge is 0.293 e. The highest BCUT2D eigenvalue weighted by Crippen LogP contribution is 2.33. The molecule has 1 aromatic carbocycles. The van der Waals surface area contributed by atoms with Gasteiger partial charge in [-0.15, -0.1) is 11.3 Å². The summed E-state index contributed by atoms with van der Waals surface area (Å²) in [5.41, 5.74) is 5.58. The van der Waals surface area contributed by atoms with Crippen LogP contribution in [-0.2, 0) is 16.0 Å². The summed E-state index contributed by atoms with van der Waals surface area (Å²) in [5.74, 6) is 0. The number of rotatable bonds is 7. The molecule has 3 aromatic rings. The Kier molecular flexibility index (Phi) is 4.93. The first-order chi connectivity index (χ1) is 12.7. The van der Waals surface area contributed by atoms with E-state index in [9.17, 15) is 4.79 Å². The van der Waals surface area contributed by atoms with Crippen molar-refractivity contribution in [3.05, 3.63) is 34.8 Å². The van der Waals surface area contributed by atoms with Crippen LogP contribution in [0.25, 0.3) is 21.6 Å². The van der Waals surface area contributed by atoms with Gasteiger partial charge in [-0.05, 0) is 43.5 Å². The summed E-state index contributed by atoms with van der Waals surface area (Å²) in [6.45, 7) is 2.99. The number of aryl methyl sites for hydroxylation is 1. The number of thiazole rings is 1. The number of carbonyl (C=O) groups is 1. The molecule has 4 rings (SSSR count). The fourth-order valence-corrected chi connectivity index (χ4v) is 4.50. The van der Waals surface area contributed by atoms with Gasteiger partial charge in [-0.2, -0.15) is 0 Å². The second kappa shape index (κ2) is 7.50. The van der Waals surface area contributed by atoms with E-state index in [-0.39, 0.29) is 0 Å². The maximum atomic E-state index is 10.3. The van der Waals surface area contributed by atoms with Gasteiger partial charge in [0, 0.05) is 23.2 Å². The molecule has 136 valence electrons. The Balaban J connectivity index is 1.61. The van der Waals surface area contributed by atoms with Crippen LogP contribution in [0.4, 0.5) is 5.69 Å². The Hall–Kier alpha value is -2.34. The van der Waals surface area contributed by atoms with Crippen LogP contribution < -0.4 is 5.32 Å². The van der Waals surface area contributed by atoms with Gasteiger partial charge in [-0.25, -0.2) is 4.98 Å². The number of aromatic nitrogens is 2. The number of hydrogen-bond donors (Lipinski definition) is 2. The molecule has 0 atom stereocenters. The molecule has 2 heterocycles. The van der Waals surface area contributed by atoms with Crippen LogP contribution in [0.5, 0.6) is 0 Å².